The van der Waals surface area contributed by atoms with Crippen LogP contribution in [0.2, 0.25) is 5.02 Å². The number of carbonyl (C=O) groups is 2. The minimum absolute atomic E-state index is 0.321. The third-order valence-corrected chi connectivity index (χ3v) is 5.58. The van der Waals surface area contributed by atoms with Crippen LogP contribution >= 0.6 is 24.2 Å². The number of aryl methyl sites for hydroxylation is 1. The standard InChI is InChI=1S/C13H18FN3O2.C9H9ClO3S/c1-6-4-5-9(14)10(7(6)2)8(3)11(15)12(16)19-13(17)18;1-12-7-4-8(14)5(3-6(7)10)9(11)13-2/h4-5,8,11,16H,15H2,1-3H3,(H2,17,18);3-4,14H,1-2H3. The van der Waals surface area contributed by atoms with Gasteiger partial charge in [-0.3, -0.25) is 5.41 Å². The normalized spacial score (nSPS) is 12.0. The Morgan fingerprint density at radius 2 is 1.82 bits per heavy atom. The number of benzene rings is 2. The third-order valence-electron chi connectivity index (χ3n) is 4.92. The quantitative estimate of drug-likeness (QED) is 0.208. The van der Waals surface area contributed by atoms with E-state index < -0.39 is 35.7 Å². The molecule has 1 amide bonds. The highest BCUT2D eigenvalue weighted by Gasteiger charge is 2.26. The molecule has 11 heteroatoms. The molecule has 0 radical (unpaired) electrons. The van der Waals surface area contributed by atoms with Crippen LogP contribution in [0, 0.1) is 25.1 Å². The van der Waals surface area contributed by atoms with Gasteiger partial charge in [0, 0.05) is 10.8 Å². The monoisotopic (exact) mass is 499 g/mol. The van der Waals surface area contributed by atoms with Crippen LogP contribution in [0.1, 0.15) is 39.9 Å². The second kappa shape index (κ2) is 12.4. The molecular formula is C22H27ClFN3O5S. The Balaban J connectivity index is 0.000000346. The summed E-state index contributed by atoms with van der Waals surface area (Å²) in [7, 11) is 2.79. The van der Waals surface area contributed by atoms with Crippen molar-refractivity contribution in [3.63, 3.8) is 0 Å². The molecule has 0 saturated heterocycles. The van der Waals surface area contributed by atoms with Gasteiger partial charge in [0.25, 0.3) is 0 Å². The lowest BCUT2D eigenvalue weighted by Gasteiger charge is -2.23. The first-order valence-electron chi connectivity index (χ1n) is 9.57. The topological polar surface area (TPSA) is 138 Å². The van der Waals surface area contributed by atoms with Crippen LogP contribution in [0.25, 0.3) is 0 Å². The summed E-state index contributed by atoms with van der Waals surface area (Å²) >= 11 is 9.96. The van der Waals surface area contributed by atoms with E-state index in [-0.39, 0.29) is 0 Å². The number of esters is 1. The number of primary amides is 1. The Labute approximate surface area is 202 Å². The van der Waals surface area contributed by atoms with Gasteiger partial charge in [0.05, 0.1) is 30.8 Å². The van der Waals surface area contributed by atoms with Gasteiger partial charge in [-0.15, -0.1) is 12.6 Å². The van der Waals surface area contributed by atoms with Crippen molar-refractivity contribution in [1.82, 2.24) is 0 Å². The van der Waals surface area contributed by atoms with Gasteiger partial charge in [0.15, 0.2) is 0 Å². The number of nitrogens with two attached hydrogens (primary N) is 2. The molecule has 0 aromatic heterocycles. The van der Waals surface area contributed by atoms with Crippen molar-refractivity contribution >= 4 is 42.2 Å². The van der Waals surface area contributed by atoms with E-state index >= 15 is 0 Å². The zero-order valence-corrected chi connectivity index (χ0v) is 20.5. The van der Waals surface area contributed by atoms with Crippen molar-refractivity contribution in [2.75, 3.05) is 14.2 Å². The number of hydrogen-bond acceptors (Lipinski definition) is 8. The zero-order valence-electron chi connectivity index (χ0n) is 18.9. The van der Waals surface area contributed by atoms with Gasteiger partial charge < -0.3 is 25.7 Å². The fraction of sp³-hybridized carbons (Fsp3) is 0.318. The van der Waals surface area contributed by atoms with Crippen molar-refractivity contribution < 1.29 is 28.2 Å². The zero-order chi connectivity index (χ0) is 25.5. The molecule has 2 aromatic rings. The van der Waals surface area contributed by atoms with Crippen LogP contribution in [0.15, 0.2) is 29.2 Å². The largest absolute Gasteiger partial charge is 0.495 e. The highest BCUT2D eigenvalue weighted by molar-refractivity contribution is 7.80. The van der Waals surface area contributed by atoms with Crippen molar-refractivity contribution in [2.45, 2.75) is 37.6 Å². The number of thiol groups is 1. The van der Waals surface area contributed by atoms with Gasteiger partial charge in [-0.2, -0.15) is 0 Å². The first-order chi connectivity index (χ1) is 15.3. The van der Waals surface area contributed by atoms with E-state index in [1.54, 1.807) is 26.0 Å². The number of rotatable bonds is 5. The molecule has 0 aliphatic carbocycles. The van der Waals surface area contributed by atoms with Crippen LogP contribution in [0.3, 0.4) is 0 Å². The van der Waals surface area contributed by atoms with E-state index in [4.69, 9.17) is 33.2 Å². The fourth-order valence-corrected chi connectivity index (χ4v) is 3.43. The molecule has 2 rings (SSSR count). The van der Waals surface area contributed by atoms with Gasteiger partial charge in [0.1, 0.15) is 11.6 Å². The highest BCUT2D eigenvalue weighted by Crippen LogP contribution is 2.30. The van der Waals surface area contributed by atoms with Gasteiger partial charge in [-0.05, 0) is 48.7 Å². The first-order valence-corrected chi connectivity index (χ1v) is 10.4. The number of carbonyl (C=O) groups excluding carboxylic acids is 2. The van der Waals surface area contributed by atoms with E-state index in [1.165, 1.54) is 26.4 Å². The summed E-state index contributed by atoms with van der Waals surface area (Å²) in [5, 5.41) is 7.88. The highest BCUT2D eigenvalue weighted by atomic mass is 35.5. The van der Waals surface area contributed by atoms with Crippen molar-refractivity contribution in [3.8, 4) is 5.75 Å². The summed E-state index contributed by atoms with van der Waals surface area (Å²) in [5.41, 5.74) is 13.1. The van der Waals surface area contributed by atoms with E-state index in [1.807, 2.05) is 6.92 Å². The van der Waals surface area contributed by atoms with E-state index in [2.05, 4.69) is 22.1 Å². The summed E-state index contributed by atoms with van der Waals surface area (Å²) < 4.78 is 27.9. The van der Waals surface area contributed by atoms with Crippen LogP contribution in [0.5, 0.6) is 5.75 Å². The molecular weight excluding hydrogens is 473 g/mol. The molecule has 33 heavy (non-hydrogen) atoms. The minimum atomic E-state index is -1.10. The summed E-state index contributed by atoms with van der Waals surface area (Å²) in [4.78, 5) is 22.3. The summed E-state index contributed by atoms with van der Waals surface area (Å²) in [5.74, 6) is -1.37. The van der Waals surface area contributed by atoms with Crippen LogP contribution < -0.4 is 16.2 Å². The molecule has 2 aromatic carbocycles. The molecule has 2 unspecified atom stereocenters. The molecule has 0 fully saturated rings. The molecule has 8 nitrogen and oxygen atoms in total. The Bertz CT molecular complexity index is 1050. The van der Waals surface area contributed by atoms with Gasteiger partial charge in [-0.1, -0.05) is 24.6 Å². The molecule has 0 bridgehead atoms. The lowest BCUT2D eigenvalue weighted by molar-refractivity contribution is 0.0596. The van der Waals surface area contributed by atoms with Crippen LogP contribution in [0.4, 0.5) is 9.18 Å². The van der Waals surface area contributed by atoms with Crippen molar-refractivity contribution in [2.24, 2.45) is 11.5 Å². The fourth-order valence-electron chi connectivity index (χ4n) is 2.92. The second-order valence-corrected chi connectivity index (χ2v) is 7.89. The Morgan fingerprint density at radius 1 is 1.21 bits per heavy atom. The Kier molecular flexibility index (Phi) is 10.6. The molecule has 180 valence electrons. The number of nitrogens with one attached hydrogen (secondary N) is 1. The Hall–Kier alpha value is -2.82. The maximum Gasteiger partial charge on any atom is 0.411 e. The molecule has 0 heterocycles. The lowest BCUT2D eigenvalue weighted by Crippen LogP contribution is -2.39. The van der Waals surface area contributed by atoms with Crippen LogP contribution in [-0.2, 0) is 9.47 Å². The van der Waals surface area contributed by atoms with Gasteiger partial charge in [0.2, 0.25) is 5.90 Å². The third kappa shape index (κ3) is 7.34. The number of ether oxygens (including phenoxy) is 3. The number of methoxy groups -OCH3 is 2. The smallest absolute Gasteiger partial charge is 0.411 e. The lowest BCUT2D eigenvalue weighted by atomic mass is 9.88. The molecule has 0 aliphatic heterocycles. The molecule has 0 saturated carbocycles. The second-order valence-electron chi connectivity index (χ2n) is 7.00. The van der Waals surface area contributed by atoms with Gasteiger partial charge >= 0.3 is 12.1 Å². The first kappa shape index (κ1) is 28.2. The number of hydrogen-bond donors (Lipinski definition) is 4. The van der Waals surface area contributed by atoms with E-state index in [9.17, 15) is 14.0 Å². The summed E-state index contributed by atoms with van der Waals surface area (Å²) in [6.07, 6.45) is -1.10. The van der Waals surface area contributed by atoms with E-state index in [0.717, 1.165) is 11.1 Å². The average molecular weight is 500 g/mol. The maximum atomic E-state index is 13.9. The minimum Gasteiger partial charge on any atom is -0.495 e. The Morgan fingerprint density at radius 3 is 2.33 bits per heavy atom. The predicted molar refractivity (Wildman–Crippen MR) is 127 cm³/mol. The van der Waals surface area contributed by atoms with E-state index in [0.29, 0.717) is 26.8 Å². The predicted octanol–water partition coefficient (Wildman–Crippen LogP) is 4.37. The molecule has 5 N–H and O–H groups in total. The number of amides is 1. The SMILES string of the molecule is COC(=O)c1cc(Cl)c(OC)cc1S.Cc1ccc(F)c(C(C)C(N)C(=N)OC(N)=O)c1C. The average Bonchev–Trinajstić information content (AvgIpc) is 2.76. The molecule has 2 atom stereocenters. The molecule has 0 spiro atoms. The van der Waals surface area contributed by atoms with Crippen LogP contribution in [-0.4, -0.2) is 38.2 Å². The summed E-state index contributed by atoms with van der Waals surface area (Å²) in [6, 6.07) is 5.13. The van der Waals surface area contributed by atoms with Crippen molar-refractivity contribution in [1.29, 1.82) is 5.41 Å². The van der Waals surface area contributed by atoms with Crippen molar-refractivity contribution in [3.05, 3.63) is 57.4 Å². The maximum absolute atomic E-state index is 13.9. The van der Waals surface area contributed by atoms with Gasteiger partial charge in [-0.25, -0.2) is 14.0 Å². The number of halogens is 2. The summed E-state index contributed by atoms with van der Waals surface area (Å²) in [6.45, 7) is 5.33. The molecule has 0 aliphatic rings.